The number of rotatable bonds is 5. The Hall–Kier alpha value is -2.23. The van der Waals surface area contributed by atoms with Crippen LogP contribution in [-0.4, -0.2) is 56.6 Å². The summed E-state index contributed by atoms with van der Waals surface area (Å²) in [6, 6.07) is 11.1. The van der Waals surface area contributed by atoms with E-state index in [1.54, 1.807) is 30.3 Å². The number of halogens is 1. The van der Waals surface area contributed by atoms with E-state index in [2.05, 4.69) is 21.2 Å². The molecule has 0 unspecified atom stereocenters. The Kier molecular flexibility index (Phi) is 6.40. The fraction of sp³-hybridized carbons (Fsp3) is 0.300. The number of nitrogens with zero attached hydrogens (tertiary/aromatic N) is 2. The van der Waals surface area contributed by atoms with Crippen LogP contribution in [0.15, 0.2) is 51.8 Å². The van der Waals surface area contributed by atoms with Crippen LogP contribution in [0.3, 0.4) is 0 Å². The van der Waals surface area contributed by atoms with Crippen LogP contribution in [0.5, 0.6) is 0 Å². The molecule has 1 aliphatic heterocycles. The van der Waals surface area contributed by atoms with Crippen molar-refractivity contribution in [1.29, 1.82) is 0 Å². The number of anilines is 1. The normalized spacial score (nSPS) is 14.3. The molecule has 1 N–H and O–H groups in total. The molecule has 0 aromatic heterocycles. The summed E-state index contributed by atoms with van der Waals surface area (Å²) in [6.45, 7) is 1.55. The van der Waals surface area contributed by atoms with E-state index >= 15 is 0 Å². The van der Waals surface area contributed by atoms with Gasteiger partial charge in [-0.3, -0.25) is 9.59 Å². The van der Waals surface area contributed by atoms with Crippen LogP contribution in [-0.2, 0) is 10.0 Å². The number of benzene rings is 2. The summed E-state index contributed by atoms with van der Waals surface area (Å²) in [5, 5.41) is 2.73. The van der Waals surface area contributed by atoms with E-state index in [9.17, 15) is 18.0 Å². The van der Waals surface area contributed by atoms with Gasteiger partial charge in [0.15, 0.2) is 0 Å². The molecule has 1 saturated heterocycles. The van der Waals surface area contributed by atoms with Crippen LogP contribution in [0.25, 0.3) is 0 Å². The molecule has 154 valence electrons. The number of nitrogens with one attached hydrogen (secondary N) is 1. The van der Waals surface area contributed by atoms with E-state index < -0.39 is 15.9 Å². The largest absolute Gasteiger partial charge is 0.339 e. The first-order valence-corrected chi connectivity index (χ1v) is 11.4. The zero-order chi connectivity index (χ0) is 21.2. The van der Waals surface area contributed by atoms with Gasteiger partial charge in [-0.05, 0) is 71.2 Å². The lowest BCUT2D eigenvalue weighted by molar-refractivity contribution is 0.0792. The SMILES string of the molecule is CN(C)S(=O)(=O)c1cc(C(=O)Nc2ccc(C(=O)N3CCCC3)cc2)ccc1Br. The Balaban J connectivity index is 1.76. The molecule has 0 spiro atoms. The minimum absolute atomic E-state index is 0.00757. The van der Waals surface area contributed by atoms with Crippen molar-refractivity contribution in [2.45, 2.75) is 17.7 Å². The molecule has 2 aromatic rings. The van der Waals surface area contributed by atoms with Gasteiger partial charge in [0.1, 0.15) is 0 Å². The van der Waals surface area contributed by atoms with Gasteiger partial charge < -0.3 is 10.2 Å². The number of amides is 2. The monoisotopic (exact) mass is 479 g/mol. The fourth-order valence-corrected chi connectivity index (χ4v) is 4.89. The predicted molar refractivity (Wildman–Crippen MR) is 115 cm³/mol. The average Bonchev–Trinajstić information content (AvgIpc) is 3.23. The predicted octanol–water partition coefficient (Wildman–Crippen LogP) is 3.19. The zero-order valence-corrected chi connectivity index (χ0v) is 18.6. The molecule has 2 aromatic carbocycles. The lowest BCUT2D eigenvalue weighted by Gasteiger charge is -2.15. The third-order valence-corrected chi connectivity index (χ3v) is 7.54. The van der Waals surface area contributed by atoms with Crippen molar-refractivity contribution in [3.63, 3.8) is 0 Å². The minimum atomic E-state index is -3.70. The van der Waals surface area contributed by atoms with Crippen molar-refractivity contribution in [2.75, 3.05) is 32.5 Å². The standard InChI is InChI=1S/C20H22BrN3O4S/c1-23(2)29(27,28)18-13-15(7-10-17(18)21)19(25)22-16-8-5-14(6-9-16)20(26)24-11-3-4-12-24/h5-10,13H,3-4,11-12H2,1-2H3,(H,22,25). The molecule has 2 amide bonds. The van der Waals surface area contributed by atoms with Gasteiger partial charge in [-0.2, -0.15) is 0 Å². The van der Waals surface area contributed by atoms with Gasteiger partial charge in [-0.25, -0.2) is 12.7 Å². The molecule has 0 radical (unpaired) electrons. The third kappa shape index (κ3) is 4.68. The maximum Gasteiger partial charge on any atom is 0.255 e. The van der Waals surface area contributed by atoms with Gasteiger partial charge >= 0.3 is 0 Å². The van der Waals surface area contributed by atoms with E-state index in [0.717, 1.165) is 30.2 Å². The maximum atomic E-state index is 12.6. The van der Waals surface area contributed by atoms with Gasteiger partial charge in [0.05, 0.1) is 4.90 Å². The topological polar surface area (TPSA) is 86.8 Å². The van der Waals surface area contributed by atoms with E-state index in [1.165, 1.54) is 26.2 Å². The highest BCUT2D eigenvalue weighted by molar-refractivity contribution is 9.10. The van der Waals surface area contributed by atoms with Crippen LogP contribution in [0.4, 0.5) is 5.69 Å². The molecule has 1 fully saturated rings. The molecule has 9 heteroatoms. The molecule has 0 saturated carbocycles. The summed E-state index contributed by atoms with van der Waals surface area (Å²) in [5.74, 6) is -0.446. The minimum Gasteiger partial charge on any atom is -0.339 e. The maximum absolute atomic E-state index is 12.6. The molecule has 0 atom stereocenters. The Labute approximate surface area is 178 Å². The first-order chi connectivity index (χ1) is 13.7. The van der Waals surface area contributed by atoms with Gasteiger partial charge in [-0.1, -0.05) is 0 Å². The van der Waals surface area contributed by atoms with Crippen LogP contribution in [0, 0.1) is 0 Å². The number of likely N-dealkylation sites (tertiary alicyclic amines) is 1. The first-order valence-electron chi connectivity index (χ1n) is 9.13. The quantitative estimate of drug-likeness (QED) is 0.713. The summed E-state index contributed by atoms with van der Waals surface area (Å²) >= 11 is 3.23. The van der Waals surface area contributed by atoms with Gasteiger partial charge in [0.2, 0.25) is 10.0 Å². The van der Waals surface area contributed by atoms with E-state index in [-0.39, 0.29) is 16.4 Å². The number of hydrogen-bond acceptors (Lipinski definition) is 4. The van der Waals surface area contributed by atoms with Crippen molar-refractivity contribution in [3.05, 3.63) is 58.1 Å². The van der Waals surface area contributed by atoms with E-state index in [0.29, 0.717) is 15.7 Å². The molecule has 7 nitrogen and oxygen atoms in total. The van der Waals surface area contributed by atoms with E-state index in [1.807, 2.05) is 4.90 Å². The zero-order valence-electron chi connectivity index (χ0n) is 16.2. The molecule has 3 rings (SSSR count). The van der Waals surface area contributed by atoms with Crippen molar-refractivity contribution in [3.8, 4) is 0 Å². The van der Waals surface area contributed by atoms with Gasteiger partial charge in [0.25, 0.3) is 11.8 Å². The van der Waals surface area contributed by atoms with Crippen LogP contribution in [0.1, 0.15) is 33.6 Å². The molecule has 29 heavy (non-hydrogen) atoms. The molecular weight excluding hydrogens is 458 g/mol. The highest BCUT2D eigenvalue weighted by atomic mass is 79.9. The molecule has 1 heterocycles. The first kappa shape index (κ1) is 21.5. The number of hydrogen-bond donors (Lipinski definition) is 1. The van der Waals surface area contributed by atoms with E-state index in [4.69, 9.17) is 0 Å². The lowest BCUT2D eigenvalue weighted by atomic mass is 10.1. The second-order valence-corrected chi connectivity index (χ2v) is 9.94. The second kappa shape index (κ2) is 8.64. The van der Waals surface area contributed by atoms with Gasteiger partial charge in [0, 0.05) is 48.5 Å². The molecule has 0 aliphatic carbocycles. The van der Waals surface area contributed by atoms with Crippen LogP contribution >= 0.6 is 15.9 Å². The molecule has 0 bridgehead atoms. The summed E-state index contributed by atoms with van der Waals surface area (Å²) < 4.78 is 26.3. The Morgan fingerprint density at radius 1 is 1.00 bits per heavy atom. The van der Waals surface area contributed by atoms with Crippen molar-refractivity contribution >= 4 is 43.5 Å². The summed E-state index contributed by atoms with van der Waals surface area (Å²) in [5.41, 5.74) is 1.31. The fourth-order valence-electron chi connectivity index (χ4n) is 3.04. The molecule has 1 aliphatic rings. The summed E-state index contributed by atoms with van der Waals surface area (Å²) in [4.78, 5) is 26.8. The molecular formula is C20H22BrN3O4S. The summed E-state index contributed by atoms with van der Waals surface area (Å²) in [7, 11) is -0.835. The van der Waals surface area contributed by atoms with Crippen molar-refractivity contribution in [2.24, 2.45) is 0 Å². The Bertz CT molecular complexity index is 1030. The highest BCUT2D eigenvalue weighted by Gasteiger charge is 2.22. The average molecular weight is 480 g/mol. The second-order valence-electron chi connectivity index (χ2n) is 6.96. The number of carbonyl (C=O) groups excluding carboxylic acids is 2. The third-order valence-electron chi connectivity index (χ3n) is 4.74. The van der Waals surface area contributed by atoms with Crippen molar-refractivity contribution in [1.82, 2.24) is 9.21 Å². The van der Waals surface area contributed by atoms with Gasteiger partial charge in [-0.15, -0.1) is 0 Å². The summed E-state index contributed by atoms with van der Waals surface area (Å²) in [6.07, 6.45) is 2.05. The van der Waals surface area contributed by atoms with Crippen LogP contribution < -0.4 is 5.32 Å². The smallest absolute Gasteiger partial charge is 0.255 e. The highest BCUT2D eigenvalue weighted by Crippen LogP contribution is 2.26. The number of sulfonamides is 1. The lowest BCUT2D eigenvalue weighted by Crippen LogP contribution is -2.27. The Morgan fingerprint density at radius 3 is 2.17 bits per heavy atom. The number of carbonyl (C=O) groups is 2. The van der Waals surface area contributed by atoms with Crippen molar-refractivity contribution < 1.29 is 18.0 Å². The Morgan fingerprint density at radius 2 is 1.59 bits per heavy atom. The van der Waals surface area contributed by atoms with Crippen LogP contribution in [0.2, 0.25) is 0 Å².